The molecule has 0 bridgehead atoms. The molecule has 3 nitrogen and oxygen atoms in total. The van der Waals surface area contributed by atoms with E-state index in [0.717, 1.165) is 25.7 Å². The standard InChI is InChI=1S/C17H35NO2/c1-3-5-6-7-8-9-10-11-12-13-15-17(19)20-16(18)14-4-2/h16H,3-15,18H2,1-2H3. The van der Waals surface area contributed by atoms with Crippen molar-refractivity contribution in [3.8, 4) is 0 Å². The van der Waals surface area contributed by atoms with E-state index >= 15 is 0 Å². The van der Waals surface area contributed by atoms with Crippen LogP contribution in [-0.4, -0.2) is 12.2 Å². The molecule has 0 saturated heterocycles. The SMILES string of the molecule is CCCCCCCCCCCCC(=O)OC(N)CCC. The molecule has 0 heterocycles. The minimum absolute atomic E-state index is 0.134. The van der Waals surface area contributed by atoms with Crippen LogP contribution < -0.4 is 5.73 Å². The number of esters is 1. The first kappa shape index (κ1) is 19.4. The Balaban J connectivity index is 3.21. The van der Waals surface area contributed by atoms with Crippen molar-refractivity contribution in [1.82, 2.24) is 0 Å². The molecule has 1 atom stereocenters. The molecular formula is C17H35NO2. The van der Waals surface area contributed by atoms with Gasteiger partial charge in [0, 0.05) is 6.42 Å². The second kappa shape index (κ2) is 14.8. The highest BCUT2D eigenvalue weighted by Crippen LogP contribution is 2.11. The van der Waals surface area contributed by atoms with Crippen LogP contribution in [0.2, 0.25) is 0 Å². The van der Waals surface area contributed by atoms with Crippen molar-refractivity contribution in [1.29, 1.82) is 0 Å². The number of carbonyl (C=O) groups excluding carboxylic acids is 1. The van der Waals surface area contributed by atoms with E-state index in [1.165, 1.54) is 51.4 Å². The molecule has 0 spiro atoms. The Hall–Kier alpha value is -0.570. The molecule has 120 valence electrons. The van der Waals surface area contributed by atoms with E-state index in [9.17, 15) is 4.79 Å². The maximum atomic E-state index is 11.5. The van der Waals surface area contributed by atoms with Crippen LogP contribution in [0, 0.1) is 0 Å². The van der Waals surface area contributed by atoms with Gasteiger partial charge in [0.05, 0.1) is 0 Å². The van der Waals surface area contributed by atoms with Gasteiger partial charge in [0.15, 0.2) is 6.23 Å². The zero-order chi connectivity index (χ0) is 15.1. The summed E-state index contributed by atoms with van der Waals surface area (Å²) >= 11 is 0. The third-order valence-electron chi connectivity index (χ3n) is 3.59. The Morgan fingerprint density at radius 3 is 1.85 bits per heavy atom. The normalized spacial score (nSPS) is 12.3. The molecule has 0 saturated carbocycles. The average Bonchev–Trinajstić information content (AvgIpc) is 2.41. The quantitative estimate of drug-likeness (QED) is 0.280. The molecule has 3 heteroatoms. The molecule has 0 aromatic carbocycles. The molecule has 0 rings (SSSR count). The summed E-state index contributed by atoms with van der Waals surface area (Å²) in [6.07, 6.45) is 14.6. The Kier molecular flexibility index (Phi) is 14.4. The van der Waals surface area contributed by atoms with E-state index in [1.807, 2.05) is 6.92 Å². The monoisotopic (exact) mass is 285 g/mol. The van der Waals surface area contributed by atoms with Crippen molar-refractivity contribution in [2.45, 2.75) is 104 Å². The van der Waals surface area contributed by atoms with Crippen LogP contribution in [0.4, 0.5) is 0 Å². The fourth-order valence-electron chi connectivity index (χ4n) is 2.33. The van der Waals surface area contributed by atoms with Crippen LogP contribution in [0.3, 0.4) is 0 Å². The second-order valence-electron chi connectivity index (χ2n) is 5.75. The zero-order valence-electron chi connectivity index (χ0n) is 13.7. The topological polar surface area (TPSA) is 52.3 Å². The van der Waals surface area contributed by atoms with Crippen LogP contribution in [0.5, 0.6) is 0 Å². The average molecular weight is 285 g/mol. The zero-order valence-corrected chi connectivity index (χ0v) is 13.7. The number of nitrogens with two attached hydrogens (primary N) is 1. The van der Waals surface area contributed by atoms with E-state index in [0.29, 0.717) is 6.42 Å². The van der Waals surface area contributed by atoms with Crippen LogP contribution in [0.15, 0.2) is 0 Å². The first-order chi connectivity index (χ1) is 9.70. The van der Waals surface area contributed by atoms with E-state index < -0.39 is 6.23 Å². The Labute approximate surface area is 125 Å². The summed E-state index contributed by atoms with van der Waals surface area (Å²) in [7, 11) is 0. The van der Waals surface area contributed by atoms with Gasteiger partial charge < -0.3 is 4.74 Å². The molecule has 0 amide bonds. The number of carbonyl (C=O) groups is 1. The summed E-state index contributed by atoms with van der Waals surface area (Å²) in [4.78, 5) is 11.5. The fourth-order valence-corrected chi connectivity index (χ4v) is 2.33. The summed E-state index contributed by atoms with van der Waals surface area (Å²) in [5.74, 6) is -0.134. The molecule has 0 aliphatic carbocycles. The molecule has 2 N–H and O–H groups in total. The molecule has 0 radical (unpaired) electrons. The maximum Gasteiger partial charge on any atom is 0.307 e. The molecule has 0 aromatic rings. The number of rotatable bonds is 14. The molecule has 0 fully saturated rings. The van der Waals surface area contributed by atoms with Gasteiger partial charge in [-0.15, -0.1) is 0 Å². The van der Waals surface area contributed by atoms with Gasteiger partial charge in [0.2, 0.25) is 0 Å². The lowest BCUT2D eigenvalue weighted by molar-refractivity contribution is -0.149. The third kappa shape index (κ3) is 13.9. The highest BCUT2D eigenvalue weighted by atomic mass is 16.6. The van der Waals surface area contributed by atoms with Crippen molar-refractivity contribution in [3.63, 3.8) is 0 Å². The van der Waals surface area contributed by atoms with Gasteiger partial charge in [-0.1, -0.05) is 78.1 Å². The Morgan fingerprint density at radius 1 is 0.850 bits per heavy atom. The fraction of sp³-hybridized carbons (Fsp3) is 0.941. The number of hydrogen-bond acceptors (Lipinski definition) is 3. The van der Waals surface area contributed by atoms with Gasteiger partial charge in [-0.05, 0) is 12.8 Å². The Morgan fingerprint density at radius 2 is 1.35 bits per heavy atom. The molecule has 0 aliphatic heterocycles. The summed E-state index contributed by atoms with van der Waals surface area (Å²) < 4.78 is 5.11. The number of ether oxygens (including phenoxy) is 1. The molecule has 1 unspecified atom stereocenters. The third-order valence-corrected chi connectivity index (χ3v) is 3.59. The summed E-state index contributed by atoms with van der Waals surface area (Å²) in [5, 5.41) is 0. The predicted octanol–water partition coefficient (Wildman–Crippen LogP) is 4.93. The largest absolute Gasteiger partial charge is 0.447 e. The molecule has 20 heavy (non-hydrogen) atoms. The summed E-state index contributed by atoms with van der Waals surface area (Å²) in [6.45, 7) is 4.29. The van der Waals surface area contributed by atoms with Crippen LogP contribution in [0.25, 0.3) is 0 Å². The van der Waals surface area contributed by atoms with Gasteiger partial charge >= 0.3 is 5.97 Å². The molecular weight excluding hydrogens is 250 g/mol. The van der Waals surface area contributed by atoms with Gasteiger partial charge in [-0.25, -0.2) is 0 Å². The molecule has 0 aliphatic rings. The van der Waals surface area contributed by atoms with Crippen molar-refractivity contribution in [2.75, 3.05) is 0 Å². The lowest BCUT2D eigenvalue weighted by Gasteiger charge is -2.11. The van der Waals surface area contributed by atoms with Crippen molar-refractivity contribution < 1.29 is 9.53 Å². The van der Waals surface area contributed by atoms with Crippen LogP contribution in [-0.2, 0) is 9.53 Å². The van der Waals surface area contributed by atoms with E-state index in [4.69, 9.17) is 10.5 Å². The van der Waals surface area contributed by atoms with E-state index in [2.05, 4.69) is 6.92 Å². The van der Waals surface area contributed by atoms with Crippen LogP contribution in [0.1, 0.15) is 97.3 Å². The number of unbranched alkanes of at least 4 members (excludes halogenated alkanes) is 9. The smallest absolute Gasteiger partial charge is 0.307 e. The second-order valence-corrected chi connectivity index (χ2v) is 5.75. The predicted molar refractivity (Wildman–Crippen MR) is 85.4 cm³/mol. The van der Waals surface area contributed by atoms with Crippen molar-refractivity contribution in [2.24, 2.45) is 5.73 Å². The van der Waals surface area contributed by atoms with Gasteiger partial charge in [0.1, 0.15) is 0 Å². The number of hydrogen-bond donors (Lipinski definition) is 1. The highest BCUT2D eigenvalue weighted by Gasteiger charge is 2.08. The summed E-state index contributed by atoms with van der Waals surface area (Å²) in [5.41, 5.74) is 5.66. The van der Waals surface area contributed by atoms with Crippen molar-refractivity contribution in [3.05, 3.63) is 0 Å². The van der Waals surface area contributed by atoms with Crippen molar-refractivity contribution >= 4 is 5.97 Å². The highest BCUT2D eigenvalue weighted by molar-refractivity contribution is 5.69. The van der Waals surface area contributed by atoms with E-state index in [-0.39, 0.29) is 5.97 Å². The Bertz CT molecular complexity index is 219. The van der Waals surface area contributed by atoms with Gasteiger partial charge in [-0.3, -0.25) is 10.5 Å². The minimum Gasteiger partial charge on any atom is -0.447 e. The van der Waals surface area contributed by atoms with Crippen LogP contribution >= 0.6 is 0 Å². The first-order valence-electron chi connectivity index (χ1n) is 8.65. The maximum absolute atomic E-state index is 11.5. The lowest BCUT2D eigenvalue weighted by atomic mass is 10.1. The van der Waals surface area contributed by atoms with E-state index in [1.54, 1.807) is 0 Å². The van der Waals surface area contributed by atoms with Gasteiger partial charge in [-0.2, -0.15) is 0 Å². The minimum atomic E-state index is -0.407. The summed E-state index contributed by atoms with van der Waals surface area (Å²) in [6, 6.07) is 0. The van der Waals surface area contributed by atoms with Gasteiger partial charge in [0.25, 0.3) is 0 Å². The lowest BCUT2D eigenvalue weighted by Crippen LogP contribution is -2.26. The first-order valence-corrected chi connectivity index (χ1v) is 8.65. The molecule has 0 aromatic heterocycles.